The first-order valence-electron chi connectivity index (χ1n) is 11.3. The van der Waals surface area contributed by atoms with E-state index in [1.807, 2.05) is 6.07 Å². The van der Waals surface area contributed by atoms with Crippen molar-refractivity contribution in [1.82, 2.24) is 4.98 Å². The molecule has 26 heavy (non-hydrogen) atoms. The molecule has 0 atom stereocenters. The average molecular weight is 360 g/mol. The van der Waals surface area contributed by atoms with Gasteiger partial charge in [0.25, 0.3) is 0 Å². The van der Waals surface area contributed by atoms with Crippen molar-refractivity contribution in [3.8, 4) is 0 Å². The summed E-state index contributed by atoms with van der Waals surface area (Å²) in [5, 5.41) is 0. The zero-order chi connectivity index (χ0) is 18.2. The van der Waals surface area contributed by atoms with E-state index in [1.165, 1.54) is 95.1 Å². The summed E-state index contributed by atoms with van der Waals surface area (Å²) in [6, 6.07) is 3.39. The number of rotatable bonds is 8. The zero-order valence-corrected chi connectivity index (χ0v) is 16.8. The van der Waals surface area contributed by atoms with Crippen LogP contribution in [0.2, 0.25) is 0 Å². The highest BCUT2D eigenvalue weighted by Gasteiger charge is 2.30. The number of hydrogen-bond acceptors (Lipinski definition) is 1. The van der Waals surface area contributed by atoms with Crippen LogP contribution in [0.3, 0.4) is 0 Å². The van der Waals surface area contributed by atoms with Crippen LogP contribution < -0.4 is 0 Å². The molecule has 1 heterocycles. The molecule has 2 aliphatic carbocycles. The Labute approximate surface area is 160 Å². The Morgan fingerprint density at radius 3 is 2.00 bits per heavy atom. The van der Waals surface area contributed by atoms with E-state index < -0.39 is 0 Å². The predicted molar refractivity (Wildman–Crippen MR) is 108 cm³/mol. The topological polar surface area (TPSA) is 12.9 Å². The van der Waals surface area contributed by atoms with Gasteiger partial charge in [0.2, 0.25) is 5.95 Å². The van der Waals surface area contributed by atoms with Crippen LogP contribution in [-0.4, -0.2) is 4.98 Å². The van der Waals surface area contributed by atoms with E-state index in [9.17, 15) is 4.39 Å². The van der Waals surface area contributed by atoms with Crippen molar-refractivity contribution >= 4 is 0 Å². The van der Waals surface area contributed by atoms with E-state index in [0.717, 1.165) is 30.1 Å². The van der Waals surface area contributed by atoms with Gasteiger partial charge in [-0.15, -0.1) is 0 Å². The van der Waals surface area contributed by atoms with Gasteiger partial charge < -0.3 is 0 Å². The van der Waals surface area contributed by atoms with E-state index in [1.54, 1.807) is 6.20 Å². The Morgan fingerprint density at radius 2 is 1.46 bits per heavy atom. The Balaban J connectivity index is 1.32. The normalized spacial score (nSPS) is 29.6. The molecule has 1 nitrogen and oxygen atoms in total. The summed E-state index contributed by atoms with van der Waals surface area (Å²) in [6.07, 6.45) is 21.5. The number of nitrogens with zero attached hydrogens (tertiary/aromatic N) is 1. The van der Waals surface area contributed by atoms with E-state index in [0.29, 0.717) is 0 Å². The maximum Gasteiger partial charge on any atom is 0.212 e. The fraction of sp³-hybridized carbons (Fsp3) is 0.792. The van der Waals surface area contributed by atoms with Crippen LogP contribution in [0.15, 0.2) is 18.3 Å². The summed E-state index contributed by atoms with van der Waals surface area (Å²) in [6.45, 7) is 2.31. The van der Waals surface area contributed by atoms with Crippen molar-refractivity contribution in [2.24, 2.45) is 23.7 Å². The SMILES string of the molecule is CCCCC[C@H]1CC[C@H]([C@H]2CC[C@H](CCc3ccc(F)nc3)CC2)CC1. The Hall–Kier alpha value is -0.920. The maximum atomic E-state index is 12.9. The molecule has 0 bridgehead atoms. The fourth-order valence-corrected chi connectivity index (χ4v) is 5.50. The second-order valence-electron chi connectivity index (χ2n) is 9.09. The van der Waals surface area contributed by atoms with E-state index in [4.69, 9.17) is 0 Å². The molecule has 0 spiro atoms. The third-order valence-corrected chi connectivity index (χ3v) is 7.30. The molecule has 0 saturated heterocycles. The molecule has 2 heteroatoms. The second kappa shape index (κ2) is 10.4. The van der Waals surface area contributed by atoms with Crippen LogP contribution in [0.4, 0.5) is 4.39 Å². The Bertz CT molecular complexity index is 495. The van der Waals surface area contributed by atoms with Crippen LogP contribution in [0.5, 0.6) is 0 Å². The molecule has 2 aliphatic rings. The molecule has 0 aromatic carbocycles. The first-order valence-corrected chi connectivity index (χ1v) is 11.3. The fourth-order valence-electron chi connectivity index (χ4n) is 5.50. The van der Waals surface area contributed by atoms with Crippen molar-refractivity contribution in [1.29, 1.82) is 0 Å². The van der Waals surface area contributed by atoms with Gasteiger partial charge in [0.05, 0.1) is 0 Å². The second-order valence-corrected chi connectivity index (χ2v) is 9.09. The summed E-state index contributed by atoms with van der Waals surface area (Å²) in [4.78, 5) is 3.78. The van der Waals surface area contributed by atoms with Crippen molar-refractivity contribution < 1.29 is 4.39 Å². The van der Waals surface area contributed by atoms with Crippen LogP contribution >= 0.6 is 0 Å². The highest BCUT2D eigenvalue weighted by molar-refractivity contribution is 5.09. The van der Waals surface area contributed by atoms with E-state index in [2.05, 4.69) is 11.9 Å². The van der Waals surface area contributed by atoms with Crippen LogP contribution in [0.1, 0.15) is 96.0 Å². The molecule has 0 amide bonds. The number of aryl methyl sites for hydroxylation is 1. The third-order valence-electron chi connectivity index (χ3n) is 7.30. The highest BCUT2D eigenvalue weighted by Crippen LogP contribution is 2.43. The minimum atomic E-state index is -0.366. The van der Waals surface area contributed by atoms with Crippen molar-refractivity contribution in [3.63, 3.8) is 0 Å². The standard InChI is InChI=1S/C24H38FN/c1-2-3-4-5-19-8-13-22(14-9-19)23-15-10-20(11-16-23)6-7-21-12-17-24(25)26-18-21/h12,17-20,22-23H,2-11,13-16H2,1H3/t19-,20-,22-,23-. The minimum absolute atomic E-state index is 0.366. The smallest absolute Gasteiger partial charge is 0.212 e. The lowest BCUT2D eigenvalue weighted by Crippen LogP contribution is -2.26. The molecular formula is C24H38FN. The quantitative estimate of drug-likeness (QED) is 0.349. The Kier molecular flexibility index (Phi) is 7.95. The van der Waals surface area contributed by atoms with E-state index >= 15 is 0 Å². The van der Waals surface area contributed by atoms with E-state index in [-0.39, 0.29) is 5.95 Å². The summed E-state index contributed by atoms with van der Waals surface area (Å²) in [7, 11) is 0. The minimum Gasteiger partial charge on any atom is -0.228 e. The molecule has 2 fully saturated rings. The molecule has 0 aliphatic heterocycles. The molecule has 2 saturated carbocycles. The number of aromatic nitrogens is 1. The largest absolute Gasteiger partial charge is 0.228 e. The molecule has 1 aromatic rings. The van der Waals surface area contributed by atoms with Gasteiger partial charge in [-0.2, -0.15) is 4.39 Å². The molecular weight excluding hydrogens is 321 g/mol. The third kappa shape index (κ3) is 6.06. The molecule has 3 rings (SSSR count). The lowest BCUT2D eigenvalue weighted by atomic mass is 9.68. The van der Waals surface area contributed by atoms with Crippen molar-refractivity contribution in [3.05, 3.63) is 29.8 Å². The average Bonchev–Trinajstić information content (AvgIpc) is 2.69. The van der Waals surface area contributed by atoms with Crippen LogP contribution in [0.25, 0.3) is 0 Å². The van der Waals surface area contributed by atoms with Gasteiger partial charge in [-0.05, 0) is 73.8 Å². The monoisotopic (exact) mass is 359 g/mol. The number of halogens is 1. The lowest BCUT2D eigenvalue weighted by molar-refractivity contribution is 0.140. The maximum absolute atomic E-state index is 12.9. The molecule has 146 valence electrons. The first kappa shape index (κ1) is 19.8. The van der Waals surface area contributed by atoms with Gasteiger partial charge in [-0.3, -0.25) is 0 Å². The molecule has 0 N–H and O–H groups in total. The van der Waals surface area contributed by atoms with Crippen LogP contribution in [-0.2, 0) is 6.42 Å². The van der Waals surface area contributed by atoms with Gasteiger partial charge in [-0.25, -0.2) is 4.98 Å². The summed E-state index contributed by atoms with van der Waals surface area (Å²) in [5.74, 6) is 3.59. The number of pyridine rings is 1. The van der Waals surface area contributed by atoms with Gasteiger partial charge >= 0.3 is 0 Å². The Morgan fingerprint density at radius 1 is 0.846 bits per heavy atom. The number of unbranched alkanes of at least 4 members (excludes halogenated alkanes) is 2. The summed E-state index contributed by atoms with van der Waals surface area (Å²) >= 11 is 0. The lowest BCUT2D eigenvalue weighted by Gasteiger charge is -2.38. The summed E-state index contributed by atoms with van der Waals surface area (Å²) in [5.41, 5.74) is 1.19. The number of hydrogen-bond donors (Lipinski definition) is 0. The van der Waals surface area contributed by atoms with Gasteiger partial charge in [-0.1, -0.05) is 64.4 Å². The molecule has 1 aromatic heterocycles. The van der Waals surface area contributed by atoms with Gasteiger partial charge in [0.15, 0.2) is 0 Å². The predicted octanol–water partition coefficient (Wildman–Crippen LogP) is 7.35. The van der Waals surface area contributed by atoms with Gasteiger partial charge in [0, 0.05) is 6.20 Å². The molecule has 0 unspecified atom stereocenters. The zero-order valence-electron chi connectivity index (χ0n) is 16.8. The first-order chi connectivity index (χ1) is 12.7. The van der Waals surface area contributed by atoms with Gasteiger partial charge in [0.1, 0.15) is 0 Å². The summed E-state index contributed by atoms with van der Waals surface area (Å²) < 4.78 is 12.9. The van der Waals surface area contributed by atoms with Crippen molar-refractivity contribution in [2.45, 2.75) is 96.8 Å². The van der Waals surface area contributed by atoms with Crippen molar-refractivity contribution in [2.75, 3.05) is 0 Å². The molecule has 0 radical (unpaired) electrons. The van der Waals surface area contributed by atoms with Crippen LogP contribution in [0, 0.1) is 29.6 Å². The highest BCUT2D eigenvalue weighted by atomic mass is 19.1.